The predicted molar refractivity (Wildman–Crippen MR) is 74.8 cm³/mol. The molecule has 1 aliphatic rings. The molecular weight excluding hydrogens is 274 g/mol. The van der Waals surface area contributed by atoms with Gasteiger partial charge in [-0.15, -0.1) is 0 Å². The van der Waals surface area contributed by atoms with Gasteiger partial charge < -0.3 is 20.6 Å². The fourth-order valence-electron chi connectivity index (χ4n) is 2.16. The van der Waals surface area contributed by atoms with Crippen LogP contribution in [0.5, 0.6) is 0 Å². The first kappa shape index (κ1) is 14.8. The van der Waals surface area contributed by atoms with Gasteiger partial charge in [-0.05, 0) is 24.1 Å². The standard InChI is InChI=1S/C14H17N3O4/c1-17-6-5-11(12(17)18)16-14(21)15-8-9-3-2-4-10(7-9)13(19)20/h2-4,7,11H,5-6,8H2,1H3,(H,19,20)(H2,15,16,21). The highest BCUT2D eigenvalue weighted by Gasteiger charge is 2.29. The highest BCUT2D eigenvalue weighted by atomic mass is 16.4. The summed E-state index contributed by atoms with van der Waals surface area (Å²) in [5.74, 6) is -1.11. The van der Waals surface area contributed by atoms with Crippen LogP contribution in [0.3, 0.4) is 0 Å². The van der Waals surface area contributed by atoms with Crippen molar-refractivity contribution in [2.24, 2.45) is 0 Å². The number of hydrogen-bond acceptors (Lipinski definition) is 3. The molecule has 3 N–H and O–H groups in total. The number of rotatable bonds is 4. The first-order valence-corrected chi connectivity index (χ1v) is 6.59. The van der Waals surface area contributed by atoms with E-state index in [9.17, 15) is 14.4 Å². The number of carbonyl (C=O) groups is 3. The molecule has 7 nitrogen and oxygen atoms in total. The smallest absolute Gasteiger partial charge is 0.335 e. The lowest BCUT2D eigenvalue weighted by Crippen LogP contribution is -2.45. The van der Waals surface area contributed by atoms with Crippen molar-refractivity contribution in [1.82, 2.24) is 15.5 Å². The molecule has 21 heavy (non-hydrogen) atoms. The maximum absolute atomic E-state index is 11.7. The minimum absolute atomic E-state index is 0.0991. The van der Waals surface area contributed by atoms with Crippen molar-refractivity contribution in [2.75, 3.05) is 13.6 Å². The Bertz CT molecular complexity index is 573. The van der Waals surface area contributed by atoms with Gasteiger partial charge in [-0.2, -0.15) is 0 Å². The molecule has 0 saturated carbocycles. The fraction of sp³-hybridized carbons (Fsp3) is 0.357. The SMILES string of the molecule is CN1CCC(NC(=O)NCc2cccc(C(=O)O)c2)C1=O. The molecule has 0 aliphatic carbocycles. The van der Waals surface area contributed by atoms with Gasteiger partial charge >= 0.3 is 12.0 Å². The lowest BCUT2D eigenvalue weighted by atomic mass is 10.1. The molecule has 0 radical (unpaired) electrons. The number of nitrogens with zero attached hydrogens (tertiary/aromatic N) is 1. The quantitative estimate of drug-likeness (QED) is 0.748. The van der Waals surface area contributed by atoms with E-state index < -0.39 is 18.0 Å². The molecule has 1 atom stereocenters. The molecule has 1 aromatic carbocycles. The van der Waals surface area contributed by atoms with Crippen LogP contribution in [0, 0.1) is 0 Å². The van der Waals surface area contributed by atoms with E-state index in [1.54, 1.807) is 24.1 Å². The number of carboxylic acid groups (broad SMARTS) is 1. The summed E-state index contributed by atoms with van der Waals surface area (Å²) in [6.45, 7) is 0.828. The molecule has 2 rings (SSSR count). The lowest BCUT2D eigenvalue weighted by Gasteiger charge is -2.13. The van der Waals surface area contributed by atoms with Gasteiger partial charge in [-0.25, -0.2) is 9.59 Å². The van der Waals surface area contributed by atoms with Crippen LogP contribution in [-0.4, -0.2) is 47.5 Å². The van der Waals surface area contributed by atoms with Gasteiger partial charge in [0.2, 0.25) is 5.91 Å². The van der Waals surface area contributed by atoms with Crippen molar-refractivity contribution in [3.05, 3.63) is 35.4 Å². The maximum atomic E-state index is 11.7. The number of aromatic carboxylic acids is 1. The number of urea groups is 1. The van der Waals surface area contributed by atoms with Crippen molar-refractivity contribution >= 4 is 17.9 Å². The van der Waals surface area contributed by atoms with Gasteiger partial charge in [-0.1, -0.05) is 12.1 Å². The minimum Gasteiger partial charge on any atom is -0.478 e. The number of likely N-dealkylation sites (tertiary alicyclic amines) is 1. The average molecular weight is 291 g/mol. The summed E-state index contributed by atoms with van der Waals surface area (Å²) in [6.07, 6.45) is 0.594. The van der Waals surface area contributed by atoms with Crippen molar-refractivity contribution in [3.63, 3.8) is 0 Å². The molecule has 1 heterocycles. The second kappa shape index (κ2) is 6.25. The fourth-order valence-corrected chi connectivity index (χ4v) is 2.16. The number of hydrogen-bond donors (Lipinski definition) is 3. The van der Waals surface area contributed by atoms with Crippen LogP contribution in [0.2, 0.25) is 0 Å². The molecular formula is C14H17N3O4. The Morgan fingerprint density at radius 3 is 2.81 bits per heavy atom. The molecule has 3 amide bonds. The zero-order chi connectivity index (χ0) is 15.4. The van der Waals surface area contributed by atoms with E-state index in [-0.39, 0.29) is 18.0 Å². The lowest BCUT2D eigenvalue weighted by molar-refractivity contribution is -0.128. The topological polar surface area (TPSA) is 98.7 Å². The molecule has 0 bridgehead atoms. The van der Waals surface area contributed by atoms with E-state index in [1.165, 1.54) is 12.1 Å². The van der Waals surface area contributed by atoms with Crippen LogP contribution in [0.4, 0.5) is 4.79 Å². The number of likely N-dealkylation sites (N-methyl/N-ethyl adjacent to an activating group) is 1. The Balaban J connectivity index is 1.85. The summed E-state index contributed by atoms with van der Waals surface area (Å²) < 4.78 is 0. The van der Waals surface area contributed by atoms with Gasteiger partial charge in [0, 0.05) is 20.1 Å². The molecule has 112 valence electrons. The van der Waals surface area contributed by atoms with Gasteiger partial charge in [0.05, 0.1) is 5.56 Å². The second-order valence-corrected chi connectivity index (χ2v) is 4.93. The highest BCUT2D eigenvalue weighted by Crippen LogP contribution is 2.08. The van der Waals surface area contributed by atoms with Crippen LogP contribution in [-0.2, 0) is 11.3 Å². The van der Waals surface area contributed by atoms with E-state index in [0.717, 1.165) is 0 Å². The van der Waals surface area contributed by atoms with Gasteiger partial charge in [0.15, 0.2) is 0 Å². The Labute approximate surface area is 121 Å². The Kier molecular flexibility index (Phi) is 4.42. The number of amides is 3. The summed E-state index contributed by atoms with van der Waals surface area (Å²) in [4.78, 5) is 35.8. The maximum Gasteiger partial charge on any atom is 0.335 e. The first-order valence-electron chi connectivity index (χ1n) is 6.59. The zero-order valence-electron chi connectivity index (χ0n) is 11.6. The van der Waals surface area contributed by atoms with Crippen molar-refractivity contribution in [3.8, 4) is 0 Å². The number of benzene rings is 1. The zero-order valence-corrected chi connectivity index (χ0v) is 11.6. The van der Waals surface area contributed by atoms with E-state index in [4.69, 9.17) is 5.11 Å². The second-order valence-electron chi connectivity index (χ2n) is 4.93. The number of carbonyl (C=O) groups excluding carboxylic acids is 2. The first-order chi connectivity index (χ1) is 9.97. The third-order valence-corrected chi connectivity index (χ3v) is 3.36. The van der Waals surface area contributed by atoms with Gasteiger partial charge in [0.25, 0.3) is 0 Å². The third kappa shape index (κ3) is 3.71. The third-order valence-electron chi connectivity index (χ3n) is 3.36. The molecule has 1 aliphatic heterocycles. The molecule has 7 heteroatoms. The van der Waals surface area contributed by atoms with Crippen LogP contribution in [0.25, 0.3) is 0 Å². The van der Waals surface area contributed by atoms with Gasteiger partial charge in [-0.3, -0.25) is 4.79 Å². The van der Waals surface area contributed by atoms with Crippen molar-refractivity contribution in [2.45, 2.75) is 19.0 Å². The number of carboxylic acids is 1. The van der Waals surface area contributed by atoms with Crippen LogP contribution >= 0.6 is 0 Å². The molecule has 1 aromatic rings. The molecule has 1 fully saturated rings. The summed E-state index contributed by atoms with van der Waals surface area (Å²) in [5.41, 5.74) is 0.849. The Morgan fingerprint density at radius 1 is 1.43 bits per heavy atom. The summed E-state index contributed by atoms with van der Waals surface area (Å²) >= 11 is 0. The van der Waals surface area contributed by atoms with E-state index in [2.05, 4.69) is 10.6 Å². The van der Waals surface area contributed by atoms with E-state index >= 15 is 0 Å². The average Bonchev–Trinajstić information content (AvgIpc) is 2.77. The van der Waals surface area contributed by atoms with Crippen molar-refractivity contribution in [1.29, 1.82) is 0 Å². The van der Waals surface area contributed by atoms with E-state index in [0.29, 0.717) is 18.5 Å². The van der Waals surface area contributed by atoms with Gasteiger partial charge in [0.1, 0.15) is 6.04 Å². The van der Waals surface area contributed by atoms with Crippen LogP contribution in [0.1, 0.15) is 22.3 Å². The molecule has 0 aromatic heterocycles. The summed E-state index contributed by atoms with van der Waals surface area (Å²) in [6, 6.07) is 5.40. The Morgan fingerprint density at radius 2 is 2.19 bits per heavy atom. The van der Waals surface area contributed by atoms with Crippen LogP contribution < -0.4 is 10.6 Å². The molecule has 0 spiro atoms. The summed E-state index contributed by atoms with van der Waals surface area (Å²) in [7, 11) is 1.69. The summed E-state index contributed by atoms with van der Waals surface area (Å²) in [5, 5.41) is 14.1. The predicted octanol–water partition coefficient (Wildman–Crippen LogP) is 0.415. The largest absolute Gasteiger partial charge is 0.478 e. The van der Waals surface area contributed by atoms with Crippen LogP contribution in [0.15, 0.2) is 24.3 Å². The van der Waals surface area contributed by atoms with Crippen molar-refractivity contribution < 1.29 is 19.5 Å². The highest BCUT2D eigenvalue weighted by molar-refractivity contribution is 5.89. The molecule has 1 saturated heterocycles. The monoisotopic (exact) mass is 291 g/mol. The Hall–Kier alpha value is -2.57. The van der Waals surface area contributed by atoms with E-state index in [1.807, 2.05) is 0 Å². The minimum atomic E-state index is -1.01. The number of nitrogens with one attached hydrogen (secondary N) is 2. The normalized spacial score (nSPS) is 17.7. The molecule has 1 unspecified atom stereocenters.